The largest absolute Gasteiger partial charge is 0.0955 e. The summed E-state index contributed by atoms with van der Waals surface area (Å²) in [5.74, 6) is 0. The maximum atomic E-state index is 4.22. The normalized spacial score (nSPS) is 13.4. The van der Waals surface area contributed by atoms with Crippen molar-refractivity contribution in [3.63, 3.8) is 0 Å². The molecular weight excluding hydrogens is 240 g/mol. The zero-order valence-corrected chi connectivity index (χ0v) is 11.9. The van der Waals surface area contributed by atoms with Crippen molar-refractivity contribution in [2.45, 2.75) is 13.3 Å². The van der Waals surface area contributed by atoms with Crippen LogP contribution in [0.5, 0.6) is 0 Å². The summed E-state index contributed by atoms with van der Waals surface area (Å²) in [6, 6.07) is 14.9. The zero-order chi connectivity index (χ0) is 14.3. The van der Waals surface area contributed by atoms with Crippen LogP contribution >= 0.6 is 0 Å². The highest BCUT2D eigenvalue weighted by molar-refractivity contribution is 5.98. The molecule has 0 atom stereocenters. The number of rotatable bonds is 2. The molecule has 0 amide bonds. The molecule has 0 spiro atoms. The van der Waals surface area contributed by atoms with Crippen molar-refractivity contribution in [3.8, 4) is 11.1 Å². The third-order valence-electron chi connectivity index (χ3n) is 3.88. The molecule has 2 aromatic rings. The molecule has 0 unspecified atom stereocenters. The van der Waals surface area contributed by atoms with Crippen molar-refractivity contribution in [1.82, 2.24) is 0 Å². The Morgan fingerprint density at radius 3 is 2.25 bits per heavy atom. The molecule has 0 aliphatic heterocycles. The van der Waals surface area contributed by atoms with Gasteiger partial charge in [-0.1, -0.05) is 55.6 Å². The monoisotopic (exact) mass is 258 g/mol. The van der Waals surface area contributed by atoms with Gasteiger partial charge in [-0.25, -0.2) is 0 Å². The molecule has 1 aliphatic carbocycles. The van der Waals surface area contributed by atoms with Crippen LogP contribution in [0.25, 0.3) is 27.8 Å². The predicted octanol–water partition coefficient (Wildman–Crippen LogP) is 5.82. The first-order valence-electron chi connectivity index (χ1n) is 6.83. The zero-order valence-electron chi connectivity index (χ0n) is 11.9. The quantitative estimate of drug-likeness (QED) is 0.637. The highest BCUT2D eigenvalue weighted by atomic mass is 14.3. The molecule has 98 valence electrons. The lowest BCUT2D eigenvalue weighted by Crippen LogP contribution is -1.91. The summed E-state index contributed by atoms with van der Waals surface area (Å²) in [5, 5.41) is 0. The average Bonchev–Trinajstić information content (AvgIpc) is 2.74. The number of hydrogen-bond acceptors (Lipinski definition) is 0. The summed E-state index contributed by atoms with van der Waals surface area (Å²) in [4.78, 5) is 0. The number of allylic oxidation sites excluding steroid dienone is 3. The Kier molecular flexibility index (Phi) is 2.94. The molecule has 0 bridgehead atoms. The molecule has 3 rings (SSSR count). The van der Waals surface area contributed by atoms with E-state index in [4.69, 9.17) is 0 Å². The van der Waals surface area contributed by atoms with Crippen molar-refractivity contribution in [2.75, 3.05) is 0 Å². The average molecular weight is 258 g/mol. The molecule has 1 aliphatic rings. The maximum absolute atomic E-state index is 4.22. The van der Waals surface area contributed by atoms with Crippen LogP contribution in [0.1, 0.15) is 30.0 Å². The van der Waals surface area contributed by atoms with Gasteiger partial charge in [-0.15, -0.1) is 0 Å². The topological polar surface area (TPSA) is 0 Å². The van der Waals surface area contributed by atoms with Crippen LogP contribution in [0.15, 0.2) is 62.2 Å². The molecule has 0 radical (unpaired) electrons. The molecule has 0 heteroatoms. The Hall–Kier alpha value is -2.34. The summed E-state index contributed by atoms with van der Waals surface area (Å²) < 4.78 is 0. The summed E-state index contributed by atoms with van der Waals surface area (Å²) in [6.45, 7) is 14.5. The van der Waals surface area contributed by atoms with Gasteiger partial charge in [-0.05, 0) is 64.4 Å². The number of hydrogen-bond donors (Lipinski definition) is 0. The fourth-order valence-electron chi connectivity index (χ4n) is 2.83. The minimum absolute atomic E-state index is 0.870. The fraction of sp³-hybridized carbons (Fsp3) is 0.100. The van der Waals surface area contributed by atoms with Crippen LogP contribution in [0, 0.1) is 0 Å². The first-order valence-corrected chi connectivity index (χ1v) is 6.83. The molecular formula is C20H18. The van der Waals surface area contributed by atoms with Crippen LogP contribution in [-0.4, -0.2) is 0 Å². The standard InChI is InChI=1S/C20H18/c1-13(2)17-11-18-14(3)10-15(4)20(18)19(12-17)16-8-6-5-7-9-16/h5-9,11-12H,1,3-4,10H2,2H3. The van der Waals surface area contributed by atoms with Crippen LogP contribution in [0.3, 0.4) is 0 Å². The van der Waals surface area contributed by atoms with Crippen LogP contribution in [0.4, 0.5) is 0 Å². The van der Waals surface area contributed by atoms with E-state index in [1.165, 1.54) is 27.8 Å². The molecule has 0 saturated heterocycles. The highest BCUT2D eigenvalue weighted by Gasteiger charge is 2.23. The van der Waals surface area contributed by atoms with Gasteiger partial charge in [0, 0.05) is 0 Å². The second kappa shape index (κ2) is 4.64. The molecule has 0 aromatic heterocycles. The van der Waals surface area contributed by atoms with Gasteiger partial charge in [-0.2, -0.15) is 0 Å². The summed E-state index contributed by atoms with van der Waals surface area (Å²) >= 11 is 0. The first-order chi connectivity index (χ1) is 9.58. The van der Waals surface area contributed by atoms with E-state index in [9.17, 15) is 0 Å². The summed E-state index contributed by atoms with van der Waals surface area (Å²) in [7, 11) is 0. The van der Waals surface area contributed by atoms with Crippen molar-refractivity contribution >= 4 is 16.7 Å². The van der Waals surface area contributed by atoms with Crippen molar-refractivity contribution < 1.29 is 0 Å². The molecule has 20 heavy (non-hydrogen) atoms. The smallest absolute Gasteiger partial charge is 0.00250 e. The Balaban J connectivity index is 2.34. The molecule has 0 fully saturated rings. The van der Waals surface area contributed by atoms with E-state index >= 15 is 0 Å². The number of fused-ring (bicyclic) bond motifs is 1. The Bertz CT molecular complexity index is 730. The lowest BCUT2D eigenvalue weighted by Gasteiger charge is -2.13. The summed E-state index contributed by atoms with van der Waals surface area (Å²) in [5.41, 5.74) is 9.53. The van der Waals surface area contributed by atoms with Crippen molar-refractivity contribution in [3.05, 3.63) is 78.9 Å². The van der Waals surface area contributed by atoms with E-state index in [0.717, 1.165) is 23.1 Å². The van der Waals surface area contributed by atoms with E-state index in [-0.39, 0.29) is 0 Å². The predicted molar refractivity (Wildman–Crippen MR) is 89.3 cm³/mol. The fourth-order valence-corrected chi connectivity index (χ4v) is 2.83. The molecule has 0 saturated carbocycles. The van der Waals surface area contributed by atoms with E-state index in [2.05, 4.69) is 56.1 Å². The Labute approximate surface area is 120 Å². The van der Waals surface area contributed by atoms with Gasteiger partial charge in [-0.3, -0.25) is 0 Å². The Morgan fingerprint density at radius 1 is 0.950 bits per heavy atom. The van der Waals surface area contributed by atoms with Gasteiger partial charge in [0.25, 0.3) is 0 Å². The highest BCUT2D eigenvalue weighted by Crippen LogP contribution is 2.45. The lowest BCUT2D eigenvalue weighted by molar-refractivity contribution is 1.51. The third-order valence-corrected chi connectivity index (χ3v) is 3.88. The third kappa shape index (κ3) is 1.94. The first kappa shape index (κ1) is 12.7. The van der Waals surface area contributed by atoms with Gasteiger partial charge in [0.15, 0.2) is 0 Å². The second-order valence-electron chi connectivity index (χ2n) is 5.48. The van der Waals surface area contributed by atoms with Gasteiger partial charge in [0.2, 0.25) is 0 Å². The molecule has 0 heterocycles. The van der Waals surface area contributed by atoms with E-state index in [1.807, 2.05) is 13.0 Å². The van der Waals surface area contributed by atoms with Crippen molar-refractivity contribution in [2.24, 2.45) is 0 Å². The van der Waals surface area contributed by atoms with Crippen LogP contribution < -0.4 is 0 Å². The number of benzene rings is 2. The molecule has 0 nitrogen and oxygen atoms in total. The van der Waals surface area contributed by atoms with E-state index < -0.39 is 0 Å². The molecule has 0 N–H and O–H groups in total. The van der Waals surface area contributed by atoms with Crippen LogP contribution in [0.2, 0.25) is 0 Å². The Morgan fingerprint density at radius 2 is 1.60 bits per heavy atom. The molecule has 2 aromatic carbocycles. The minimum Gasteiger partial charge on any atom is -0.0955 e. The van der Waals surface area contributed by atoms with Gasteiger partial charge < -0.3 is 0 Å². The van der Waals surface area contributed by atoms with E-state index in [0.29, 0.717) is 0 Å². The van der Waals surface area contributed by atoms with Gasteiger partial charge in [0.05, 0.1) is 0 Å². The summed E-state index contributed by atoms with van der Waals surface area (Å²) in [6.07, 6.45) is 0.870. The minimum atomic E-state index is 0.870. The second-order valence-corrected chi connectivity index (χ2v) is 5.48. The van der Waals surface area contributed by atoms with Crippen LogP contribution in [-0.2, 0) is 0 Å². The van der Waals surface area contributed by atoms with Gasteiger partial charge in [0.1, 0.15) is 0 Å². The SMILES string of the molecule is C=C(C)c1cc2c(c(-c3ccccc3)c1)C(=C)CC2=C. The maximum Gasteiger partial charge on any atom is -0.00250 e. The van der Waals surface area contributed by atoms with Gasteiger partial charge >= 0.3 is 0 Å². The van der Waals surface area contributed by atoms with E-state index in [1.54, 1.807) is 0 Å². The van der Waals surface area contributed by atoms with Crippen molar-refractivity contribution in [1.29, 1.82) is 0 Å². The lowest BCUT2D eigenvalue weighted by atomic mass is 9.91.